The largest absolute Gasteiger partial charge is 0.366 e. The van der Waals surface area contributed by atoms with Crippen molar-refractivity contribution < 1.29 is 9.59 Å². The van der Waals surface area contributed by atoms with Crippen molar-refractivity contribution in [3.63, 3.8) is 0 Å². The first kappa shape index (κ1) is 14.5. The predicted octanol–water partition coefficient (Wildman–Crippen LogP) is 2.95. The molecule has 1 amide bonds. The fraction of sp³-hybridized carbons (Fsp3) is 0.125. The fourth-order valence-electron chi connectivity index (χ4n) is 2.01. The minimum atomic E-state index is -0.525. The Hall–Kier alpha value is -1.94. The second-order valence-electron chi connectivity index (χ2n) is 4.50. The van der Waals surface area contributed by atoms with E-state index in [1.807, 2.05) is 36.4 Å². The molecule has 3 nitrogen and oxygen atoms in total. The second kappa shape index (κ2) is 6.48. The zero-order chi connectivity index (χ0) is 14.5. The molecule has 0 saturated heterocycles. The first-order valence-electron chi connectivity index (χ1n) is 6.17. The molecule has 2 N–H and O–H groups in total. The Morgan fingerprint density at radius 1 is 0.950 bits per heavy atom. The minimum absolute atomic E-state index is 0.0672. The molecule has 0 saturated carbocycles. The van der Waals surface area contributed by atoms with Gasteiger partial charge in [-0.05, 0) is 35.7 Å². The highest BCUT2D eigenvalue weighted by atomic mass is 79.9. The molecule has 0 radical (unpaired) electrons. The van der Waals surface area contributed by atoms with Gasteiger partial charge in [-0.15, -0.1) is 0 Å². The number of carbonyl (C=O) groups is 2. The maximum Gasteiger partial charge on any atom is 0.248 e. The van der Waals surface area contributed by atoms with E-state index in [2.05, 4.69) is 15.9 Å². The quantitative estimate of drug-likeness (QED) is 0.676. The van der Waals surface area contributed by atoms with Crippen LogP contribution in [0.4, 0.5) is 0 Å². The second-order valence-corrected chi connectivity index (χ2v) is 5.06. The third-order valence-electron chi connectivity index (χ3n) is 2.97. The Morgan fingerprint density at radius 2 is 1.60 bits per heavy atom. The monoisotopic (exact) mass is 331 g/mol. The van der Waals surface area contributed by atoms with Crippen molar-refractivity contribution in [2.24, 2.45) is 5.73 Å². The number of nitrogens with two attached hydrogens (primary N) is 1. The van der Waals surface area contributed by atoms with Crippen molar-refractivity contribution in [3.8, 4) is 0 Å². The van der Waals surface area contributed by atoms with Gasteiger partial charge in [-0.2, -0.15) is 0 Å². The first-order chi connectivity index (χ1) is 9.60. The number of Topliss-reactive ketones (excluding diaryl/α,β-unsaturated/α-hetero) is 1. The van der Waals surface area contributed by atoms with E-state index < -0.39 is 5.91 Å². The molecular weight excluding hydrogens is 318 g/mol. The summed E-state index contributed by atoms with van der Waals surface area (Å²) < 4.78 is 0. The number of amides is 1. The van der Waals surface area contributed by atoms with Crippen LogP contribution in [0.2, 0.25) is 0 Å². The molecule has 2 aromatic carbocycles. The summed E-state index contributed by atoms with van der Waals surface area (Å²) in [7, 11) is 0. The number of primary amides is 1. The summed E-state index contributed by atoms with van der Waals surface area (Å²) in [5.74, 6) is -0.592. The van der Waals surface area contributed by atoms with Crippen LogP contribution in [0.3, 0.4) is 0 Å². The van der Waals surface area contributed by atoms with E-state index in [4.69, 9.17) is 5.73 Å². The molecule has 0 aliphatic carbocycles. The SMILES string of the molecule is NC(=O)c1cc(Cc2ccccc2)cc(C(=O)CBr)c1. The number of rotatable bonds is 5. The van der Waals surface area contributed by atoms with Crippen LogP contribution in [0.15, 0.2) is 48.5 Å². The van der Waals surface area contributed by atoms with E-state index >= 15 is 0 Å². The van der Waals surface area contributed by atoms with E-state index in [-0.39, 0.29) is 11.1 Å². The molecule has 0 heterocycles. The van der Waals surface area contributed by atoms with Crippen LogP contribution in [0.5, 0.6) is 0 Å². The lowest BCUT2D eigenvalue weighted by molar-refractivity contribution is 0.1000. The van der Waals surface area contributed by atoms with Gasteiger partial charge in [0.25, 0.3) is 0 Å². The number of ketones is 1. The van der Waals surface area contributed by atoms with E-state index in [1.165, 1.54) is 0 Å². The first-order valence-corrected chi connectivity index (χ1v) is 7.29. The summed E-state index contributed by atoms with van der Waals surface area (Å²) in [4.78, 5) is 23.2. The fourth-order valence-corrected chi connectivity index (χ4v) is 2.33. The van der Waals surface area contributed by atoms with Gasteiger partial charge < -0.3 is 5.73 Å². The Kier molecular flexibility index (Phi) is 4.69. The molecule has 0 spiro atoms. The highest BCUT2D eigenvalue weighted by molar-refractivity contribution is 9.09. The van der Waals surface area contributed by atoms with Gasteiger partial charge in [0.1, 0.15) is 0 Å². The van der Waals surface area contributed by atoms with Crippen molar-refractivity contribution >= 4 is 27.6 Å². The number of alkyl halides is 1. The molecule has 4 heteroatoms. The van der Waals surface area contributed by atoms with Crippen LogP contribution in [0, 0.1) is 0 Å². The smallest absolute Gasteiger partial charge is 0.248 e. The van der Waals surface area contributed by atoms with Crippen LogP contribution in [-0.4, -0.2) is 17.0 Å². The van der Waals surface area contributed by atoms with Gasteiger partial charge in [0, 0.05) is 11.1 Å². The summed E-state index contributed by atoms with van der Waals surface area (Å²) in [5.41, 5.74) is 8.21. The van der Waals surface area contributed by atoms with Gasteiger partial charge in [0.2, 0.25) is 5.91 Å². The summed E-state index contributed by atoms with van der Waals surface area (Å²) in [5, 5.41) is 0.222. The van der Waals surface area contributed by atoms with E-state index in [9.17, 15) is 9.59 Å². The Labute approximate surface area is 125 Å². The van der Waals surface area contributed by atoms with Crippen molar-refractivity contribution in [2.45, 2.75) is 6.42 Å². The molecule has 102 valence electrons. The zero-order valence-electron chi connectivity index (χ0n) is 10.8. The lowest BCUT2D eigenvalue weighted by atomic mass is 9.98. The van der Waals surface area contributed by atoms with Crippen LogP contribution >= 0.6 is 15.9 Å². The Morgan fingerprint density at radius 3 is 2.20 bits per heavy atom. The minimum Gasteiger partial charge on any atom is -0.366 e. The molecule has 20 heavy (non-hydrogen) atoms. The van der Waals surface area contributed by atoms with Gasteiger partial charge in [0.15, 0.2) is 5.78 Å². The molecule has 0 fully saturated rings. The van der Waals surface area contributed by atoms with Crippen LogP contribution in [-0.2, 0) is 6.42 Å². The van der Waals surface area contributed by atoms with Crippen LogP contribution in [0.25, 0.3) is 0 Å². The molecule has 0 aromatic heterocycles. The van der Waals surface area contributed by atoms with Crippen molar-refractivity contribution in [3.05, 3.63) is 70.8 Å². The highest BCUT2D eigenvalue weighted by Crippen LogP contribution is 2.16. The highest BCUT2D eigenvalue weighted by Gasteiger charge is 2.10. The topological polar surface area (TPSA) is 60.2 Å². The molecule has 0 atom stereocenters. The molecule has 0 aliphatic rings. The molecule has 2 rings (SSSR count). The van der Waals surface area contributed by atoms with Gasteiger partial charge >= 0.3 is 0 Å². The van der Waals surface area contributed by atoms with E-state index in [0.717, 1.165) is 11.1 Å². The van der Waals surface area contributed by atoms with Crippen LogP contribution < -0.4 is 5.73 Å². The number of benzene rings is 2. The van der Waals surface area contributed by atoms with Gasteiger partial charge in [0.05, 0.1) is 5.33 Å². The molecular formula is C16H14BrNO2. The molecule has 0 aliphatic heterocycles. The standard InChI is InChI=1S/C16H14BrNO2/c17-10-15(19)13-7-12(8-14(9-13)16(18)20)6-11-4-2-1-3-5-11/h1-5,7-9H,6,10H2,(H2,18,20). The summed E-state index contributed by atoms with van der Waals surface area (Å²) in [6.07, 6.45) is 0.657. The maximum atomic E-state index is 11.8. The molecule has 2 aromatic rings. The van der Waals surface area contributed by atoms with Crippen molar-refractivity contribution in [2.75, 3.05) is 5.33 Å². The number of hydrogen-bond acceptors (Lipinski definition) is 2. The van der Waals surface area contributed by atoms with Crippen molar-refractivity contribution in [1.82, 2.24) is 0 Å². The number of halogens is 1. The lowest BCUT2D eigenvalue weighted by Gasteiger charge is -2.07. The van der Waals surface area contributed by atoms with Crippen LogP contribution in [0.1, 0.15) is 31.8 Å². The van der Waals surface area contributed by atoms with E-state index in [0.29, 0.717) is 17.5 Å². The Balaban J connectivity index is 2.39. The average molecular weight is 332 g/mol. The van der Waals surface area contributed by atoms with Gasteiger partial charge in [-0.1, -0.05) is 46.3 Å². The van der Waals surface area contributed by atoms with Crippen molar-refractivity contribution in [1.29, 1.82) is 0 Å². The number of carbonyl (C=O) groups excluding carboxylic acids is 2. The third-order valence-corrected chi connectivity index (χ3v) is 3.48. The summed E-state index contributed by atoms with van der Waals surface area (Å²) >= 11 is 3.14. The number of hydrogen-bond donors (Lipinski definition) is 1. The normalized spacial score (nSPS) is 10.2. The zero-order valence-corrected chi connectivity index (χ0v) is 12.4. The Bertz CT molecular complexity index is 638. The summed E-state index contributed by atoms with van der Waals surface area (Å²) in [6.45, 7) is 0. The predicted molar refractivity (Wildman–Crippen MR) is 82.3 cm³/mol. The molecule has 0 unspecified atom stereocenters. The van der Waals surface area contributed by atoms with E-state index in [1.54, 1.807) is 12.1 Å². The van der Waals surface area contributed by atoms with Gasteiger partial charge in [-0.25, -0.2) is 0 Å². The lowest BCUT2D eigenvalue weighted by Crippen LogP contribution is -2.13. The molecule has 0 bridgehead atoms. The average Bonchev–Trinajstić information content (AvgIpc) is 2.47. The third kappa shape index (κ3) is 3.54. The summed E-state index contributed by atoms with van der Waals surface area (Å²) in [6, 6.07) is 15.0. The maximum absolute atomic E-state index is 11.8. The van der Waals surface area contributed by atoms with Gasteiger partial charge in [-0.3, -0.25) is 9.59 Å².